The third kappa shape index (κ3) is 9.29. The summed E-state index contributed by atoms with van der Waals surface area (Å²) < 4.78 is 0. The molecule has 0 saturated heterocycles. The normalized spacial score (nSPS) is 11.3. The molecule has 0 aliphatic carbocycles. The Morgan fingerprint density at radius 1 is 1.04 bits per heavy atom. The molecule has 1 heterocycles. The van der Waals surface area contributed by atoms with Gasteiger partial charge >= 0.3 is 0 Å². The average molecular weight is 315 g/mol. The van der Waals surface area contributed by atoms with Crippen LogP contribution >= 0.6 is 0 Å². The zero-order valence-electron chi connectivity index (χ0n) is 15.5. The molecule has 0 aliphatic heterocycles. The maximum atomic E-state index is 5.23. The van der Waals surface area contributed by atoms with E-state index in [4.69, 9.17) is 6.42 Å². The number of pyridine rings is 1. The Bertz CT molecular complexity index is 492. The van der Waals surface area contributed by atoms with E-state index in [-0.39, 0.29) is 0 Å². The van der Waals surface area contributed by atoms with E-state index < -0.39 is 0 Å². The average Bonchev–Trinajstić information content (AvgIpc) is 2.46. The minimum atomic E-state index is 0.497. The van der Waals surface area contributed by atoms with Gasteiger partial charge in [0.15, 0.2) is 0 Å². The van der Waals surface area contributed by atoms with Crippen molar-refractivity contribution < 1.29 is 0 Å². The number of nitrogens with zero attached hydrogens (tertiary/aromatic N) is 1. The van der Waals surface area contributed by atoms with Gasteiger partial charge in [0.1, 0.15) is 5.82 Å². The number of rotatable bonds is 10. The van der Waals surface area contributed by atoms with E-state index in [2.05, 4.69) is 44.0 Å². The Hall–Kier alpha value is -1.49. The summed E-state index contributed by atoms with van der Waals surface area (Å²) >= 11 is 0. The third-order valence-electron chi connectivity index (χ3n) is 4.29. The van der Waals surface area contributed by atoms with Gasteiger partial charge in [0.25, 0.3) is 0 Å². The summed E-state index contributed by atoms with van der Waals surface area (Å²) in [5, 5.41) is 2.80. The van der Waals surface area contributed by atoms with Crippen LogP contribution < -0.4 is 5.32 Å². The molecule has 128 valence electrons. The van der Waals surface area contributed by atoms with Crippen molar-refractivity contribution in [3.8, 4) is 12.5 Å². The number of anilines is 1. The second kappa shape index (κ2) is 10.3. The molecule has 0 atom stereocenters. The minimum absolute atomic E-state index is 0.497. The third-order valence-corrected chi connectivity index (χ3v) is 4.29. The van der Waals surface area contributed by atoms with Gasteiger partial charge in [-0.15, -0.1) is 0 Å². The molecule has 0 fully saturated rings. The van der Waals surface area contributed by atoms with E-state index in [9.17, 15) is 0 Å². The predicted molar refractivity (Wildman–Crippen MR) is 102 cm³/mol. The van der Waals surface area contributed by atoms with Crippen LogP contribution in [0.1, 0.15) is 83.3 Å². The lowest BCUT2D eigenvalue weighted by molar-refractivity contribution is 0.356. The van der Waals surface area contributed by atoms with Crippen molar-refractivity contribution in [1.29, 1.82) is 0 Å². The monoisotopic (exact) mass is 314 g/mol. The molecule has 0 amide bonds. The number of aryl methyl sites for hydroxylation is 2. The quantitative estimate of drug-likeness (QED) is 0.320. The summed E-state index contributed by atoms with van der Waals surface area (Å²) in [6.07, 6.45) is 19.1. The smallest absolute Gasteiger partial charge is 0.137 e. The van der Waals surface area contributed by atoms with E-state index in [0.29, 0.717) is 5.41 Å². The Labute approximate surface area is 143 Å². The topological polar surface area (TPSA) is 24.9 Å². The van der Waals surface area contributed by atoms with Crippen molar-refractivity contribution in [3.05, 3.63) is 23.4 Å². The lowest BCUT2D eigenvalue weighted by Gasteiger charge is -2.17. The van der Waals surface area contributed by atoms with Crippen LogP contribution in [0.2, 0.25) is 0 Å². The Morgan fingerprint density at radius 3 is 2.22 bits per heavy atom. The molecule has 1 aromatic rings. The van der Waals surface area contributed by atoms with Crippen LogP contribution in [0.15, 0.2) is 12.3 Å². The second-order valence-electron chi connectivity index (χ2n) is 7.80. The number of unbranched alkanes of at least 4 members (excludes halogenated alkanes) is 6. The summed E-state index contributed by atoms with van der Waals surface area (Å²) in [5.41, 5.74) is 3.12. The van der Waals surface area contributed by atoms with Gasteiger partial charge in [-0.3, -0.25) is 5.32 Å². The van der Waals surface area contributed by atoms with Crippen molar-refractivity contribution in [2.24, 2.45) is 5.41 Å². The van der Waals surface area contributed by atoms with Crippen LogP contribution in [0.5, 0.6) is 0 Å². The van der Waals surface area contributed by atoms with Gasteiger partial charge in [-0.05, 0) is 48.8 Å². The summed E-state index contributed by atoms with van der Waals surface area (Å²) in [7, 11) is 0. The van der Waals surface area contributed by atoms with Gasteiger partial charge in [-0.1, -0.05) is 65.7 Å². The van der Waals surface area contributed by atoms with E-state index in [1.54, 1.807) is 0 Å². The van der Waals surface area contributed by atoms with Crippen molar-refractivity contribution in [2.75, 3.05) is 5.32 Å². The van der Waals surface area contributed by atoms with Gasteiger partial charge < -0.3 is 0 Å². The number of terminal acetylenes is 1. The van der Waals surface area contributed by atoms with E-state index in [1.165, 1.54) is 62.5 Å². The molecule has 0 bridgehead atoms. The molecule has 0 aliphatic rings. The van der Waals surface area contributed by atoms with Gasteiger partial charge in [0.2, 0.25) is 0 Å². The molecular weight excluding hydrogens is 280 g/mol. The highest BCUT2D eigenvalue weighted by atomic mass is 15.0. The molecule has 0 unspecified atom stereocenters. The lowest BCUT2D eigenvalue weighted by Crippen LogP contribution is -2.03. The van der Waals surface area contributed by atoms with Gasteiger partial charge in [0.05, 0.1) is 0 Å². The highest BCUT2D eigenvalue weighted by Crippen LogP contribution is 2.22. The van der Waals surface area contributed by atoms with Crippen LogP contribution in [0.25, 0.3) is 0 Å². The SMILES string of the molecule is C#CNc1cc(C)c(CCCCCCCCCC(C)(C)C)cn1. The van der Waals surface area contributed by atoms with E-state index >= 15 is 0 Å². The molecule has 1 aromatic heterocycles. The molecule has 0 spiro atoms. The van der Waals surface area contributed by atoms with Crippen molar-refractivity contribution in [3.63, 3.8) is 0 Å². The number of hydrogen-bond acceptors (Lipinski definition) is 2. The predicted octanol–water partition coefficient (Wildman–Crippen LogP) is 6.10. The summed E-state index contributed by atoms with van der Waals surface area (Å²) in [6.45, 7) is 9.13. The minimum Gasteiger partial charge on any atom is -0.300 e. The summed E-state index contributed by atoms with van der Waals surface area (Å²) in [4.78, 5) is 4.34. The van der Waals surface area contributed by atoms with Gasteiger partial charge in [-0.2, -0.15) is 0 Å². The molecular formula is C21H34N2. The first-order valence-electron chi connectivity index (χ1n) is 9.09. The maximum absolute atomic E-state index is 5.23. The first-order chi connectivity index (χ1) is 10.9. The lowest BCUT2D eigenvalue weighted by atomic mass is 9.89. The van der Waals surface area contributed by atoms with Crippen LogP contribution in [-0.2, 0) is 6.42 Å². The van der Waals surface area contributed by atoms with Crippen LogP contribution in [-0.4, -0.2) is 4.98 Å². The van der Waals surface area contributed by atoms with Crippen LogP contribution in [0.3, 0.4) is 0 Å². The number of nitrogens with one attached hydrogen (secondary N) is 1. The van der Waals surface area contributed by atoms with Crippen molar-refractivity contribution in [1.82, 2.24) is 4.98 Å². The number of hydrogen-bond donors (Lipinski definition) is 1. The van der Waals surface area contributed by atoms with E-state index in [0.717, 1.165) is 12.2 Å². The summed E-state index contributed by atoms with van der Waals surface area (Å²) in [5.74, 6) is 0.768. The first kappa shape index (κ1) is 19.6. The van der Waals surface area contributed by atoms with Crippen molar-refractivity contribution in [2.45, 2.75) is 85.5 Å². The molecule has 2 nitrogen and oxygen atoms in total. The largest absolute Gasteiger partial charge is 0.300 e. The first-order valence-corrected chi connectivity index (χ1v) is 9.09. The molecule has 0 saturated carbocycles. The Balaban J connectivity index is 2.08. The van der Waals surface area contributed by atoms with E-state index in [1.807, 2.05) is 12.3 Å². The highest BCUT2D eigenvalue weighted by Gasteiger charge is 2.08. The zero-order valence-corrected chi connectivity index (χ0v) is 15.5. The fourth-order valence-electron chi connectivity index (χ4n) is 2.84. The molecule has 23 heavy (non-hydrogen) atoms. The molecule has 2 heteroatoms. The Kier molecular flexibility index (Phi) is 8.77. The van der Waals surface area contributed by atoms with Gasteiger partial charge in [-0.25, -0.2) is 4.98 Å². The number of aromatic nitrogens is 1. The maximum Gasteiger partial charge on any atom is 0.137 e. The molecule has 0 radical (unpaired) electrons. The molecule has 1 N–H and O–H groups in total. The van der Waals surface area contributed by atoms with Gasteiger partial charge in [0, 0.05) is 12.2 Å². The highest BCUT2D eigenvalue weighted by molar-refractivity contribution is 5.44. The van der Waals surface area contributed by atoms with Crippen LogP contribution in [0.4, 0.5) is 5.82 Å². The fraction of sp³-hybridized carbons (Fsp3) is 0.667. The molecule has 1 rings (SSSR count). The standard InChI is InChI=1S/C21H34N2/c1-6-22-20-16-18(2)19(17-23-20)14-12-10-8-7-9-11-13-15-21(3,4)5/h1,16-17H,7-15H2,2-5H3,(H,22,23). The zero-order chi connectivity index (χ0) is 17.1. The second-order valence-corrected chi connectivity index (χ2v) is 7.80. The Morgan fingerprint density at radius 2 is 1.65 bits per heavy atom. The van der Waals surface area contributed by atoms with Crippen LogP contribution in [0, 0.1) is 24.8 Å². The summed E-state index contributed by atoms with van der Waals surface area (Å²) in [6, 6.07) is 4.44. The van der Waals surface area contributed by atoms with Crippen molar-refractivity contribution >= 4 is 5.82 Å². The molecule has 0 aromatic carbocycles. The fourth-order valence-corrected chi connectivity index (χ4v) is 2.84.